The number of halogens is 1. The van der Waals surface area contributed by atoms with E-state index in [1.165, 1.54) is 11.8 Å². The summed E-state index contributed by atoms with van der Waals surface area (Å²) in [6, 6.07) is 6.23. The van der Waals surface area contributed by atoms with Crippen LogP contribution in [0.5, 0.6) is 0 Å². The van der Waals surface area contributed by atoms with Gasteiger partial charge in [-0.15, -0.1) is 0 Å². The minimum absolute atomic E-state index is 0.120. The smallest absolute Gasteiger partial charge is 0.331 e. The van der Waals surface area contributed by atoms with Gasteiger partial charge in [0.15, 0.2) is 0 Å². The fraction of sp³-hybridized carbons (Fsp3) is 0.500. The molecule has 0 radical (unpaired) electrons. The Balaban J connectivity index is 2.20. The Morgan fingerprint density at radius 1 is 1.50 bits per heavy atom. The first-order valence-corrected chi connectivity index (χ1v) is 9.33. The molecule has 1 aliphatic rings. The van der Waals surface area contributed by atoms with Crippen molar-refractivity contribution in [2.75, 3.05) is 5.32 Å². The Bertz CT molecular complexity index is 624. The molecule has 132 valence electrons. The molecule has 1 saturated heterocycles. The van der Waals surface area contributed by atoms with E-state index in [0.717, 1.165) is 11.5 Å². The number of nitrogens with zero attached hydrogens (tertiary/aromatic N) is 2. The van der Waals surface area contributed by atoms with Gasteiger partial charge in [-0.2, -0.15) is 5.06 Å². The number of carbonyl (C=O) groups is 1. The quantitative estimate of drug-likeness (QED) is 0.441. The number of thiocarbonyl (C=S) groups is 1. The van der Waals surface area contributed by atoms with Crippen molar-refractivity contribution < 1.29 is 10.0 Å². The zero-order chi connectivity index (χ0) is 18.1. The Morgan fingerprint density at radius 2 is 2.08 bits per heavy atom. The van der Waals surface area contributed by atoms with Crippen LogP contribution >= 0.6 is 35.6 Å². The van der Waals surface area contributed by atoms with E-state index in [0.29, 0.717) is 15.0 Å². The minimum atomic E-state index is -0.603. The van der Waals surface area contributed by atoms with Gasteiger partial charge in [-0.1, -0.05) is 42.5 Å². The number of nitrogens with one attached hydrogen (secondary N) is 1. The molecule has 1 aliphatic heterocycles. The van der Waals surface area contributed by atoms with Crippen molar-refractivity contribution in [3.8, 4) is 0 Å². The van der Waals surface area contributed by atoms with Gasteiger partial charge in [-0.25, -0.2) is 4.79 Å². The molecule has 0 aliphatic carbocycles. The highest BCUT2D eigenvalue weighted by molar-refractivity contribution is 8.24. The molecule has 0 unspecified atom stereocenters. The van der Waals surface area contributed by atoms with Gasteiger partial charge in [0, 0.05) is 16.8 Å². The molecule has 2 amide bonds. The van der Waals surface area contributed by atoms with Crippen LogP contribution in [-0.2, 0) is 0 Å². The number of thioether (sulfide) groups is 1. The van der Waals surface area contributed by atoms with E-state index in [9.17, 15) is 10.0 Å². The van der Waals surface area contributed by atoms with E-state index in [1.54, 1.807) is 24.3 Å². The van der Waals surface area contributed by atoms with E-state index >= 15 is 0 Å². The van der Waals surface area contributed by atoms with Crippen LogP contribution in [0.1, 0.15) is 34.1 Å². The Labute approximate surface area is 157 Å². The highest BCUT2D eigenvalue weighted by Crippen LogP contribution is 2.43. The maximum absolute atomic E-state index is 12.5. The van der Waals surface area contributed by atoms with Crippen molar-refractivity contribution in [3.63, 3.8) is 0 Å². The summed E-state index contributed by atoms with van der Waals surface area (Å²) in [5.41, 5.74) is 0.560. The second kappa shape index (κ2) is 7.47. The van der Waals surface area contributed by atoms with Gasteiger partial charge in [0.25, 0.3) is 0 Å². The molecular formula is C16H22ClN3O2S2. The maximum atomic E-state index is 12.5. The lowest BCUT2D eigenvalue weighted by Crippen LogP contribution is -2.57. The summed E-state index contributed by atoms with van der Waals surface area (Å²) in [6.07, 6.45) is 0.317. The van der Waals surface area contributed by atoms with E-state index in [-0.39, 0.29) is 6.04 Å². The molecular weight excluding hydrogens is 366 g/mol. The third-order valence-electron chi connectivity index (χ3n) is 4.05. The van der Waals surface area contributed by atoms with Crippen LogP contribution < -0.4 is 5.32 Å². The SMILES string of the molecule is CC[C@H](C)N1C(=S)SC(C)(C)[C@H]1N(O)C(=O)Nc1ccc(Cl)cc1. The Morgan fingerprint density at radius 3 is 2.62 bits per heavy atom. The van der Waals surface area contributed by atoms with Crippen LogP contribution in [0, 0.1) is 0 Å². The van der Waals surface area contributed by atoms with Gasteiger partial charge < -0.3 is 10.2 Å². The summed E-state index contributed by atoms with van der Waals surface area (Å²) < 4.78 is 0.268. The summed E-state index contributed by atoms with van der Waals surface area (Å²) >= 11 is 12.8. The number of rotatable bonds is 4. The molecule has 0 spiro atoms. The maximum Gasteiger partial charge on any atom is 0.347 e. The molecule has 0 bridgehead atoms. The standard InChI is InChI=1S/C16H22ClN3O2S2/c1-5-10(2)19-13(16(3,4)24-15(19)23)20(22)14(21)18-12-8-6-11(17)7-9-12/h6-10,13,22H,5H2,1-4H3,(H,18,21)/t10-,13+/m0/s1. The number of carbonyl (C=O) groups excluding carboxylic acids is 1. The topological polar surface area (TPSA) is 55.8 Å². The van der Waals surface area contributed by atoms with E-state index < -0.39 is 16.9 Å². The van der Waals surface area contributed by atoms with Crippen LogP contribution in [-0.4, -0.2) is 42.5 Å². The molecule has 1 aromatic rings. The fourth-order valence-electron chi connectivity index (χ4n) is 2.62. The largest absolute Gasteiger partial charge is 0.347 e. The van der Waals surface area contributed by atoms with Crippen LogP contribution in [0.2, 0.25) is 5.02 Å². The molecule has 1 heterocycles. The van der Waals surface area contributed by atoms with Crippen molar-refractivity contribution in [2.24, 2.45) is 0 Å². The number of amides is 2. The lowest BCUT2D eigenvalue weighted by atomic mass is 10.1. The van der Waals surface area contributed by atoms with Crippen molar-refractivity contribution in [2.45, 2.75) is 51.1 Å². The molecule has 2 N–H and O–H groups in total. The zero-order valence-corrected chi connectivity index (χ0v) is 16.5. The molecule has 0 saturated carbocycles. The predicted octanol–water partition coefficient (Wildman–Crippen LogP) is 4.80. The third kappa shape index (κ3) is 3.96. The number of anilines is 1. The summed E-state index contributed by atoms with van der Waals surface area (Å²) in [6.45, 7) is 8.02. The molecule has 2 rings (SSSR count). The summed E-state index contributed by atoms with van der Waals surface area (Å²) in [4.78, 5) is 14.4. The Kier molecular flexibility index (Phi) is 6.01. The van der Waals surface area contributed by atoms with Crippen LogP contribution in [0.25, 0.3) is 0 Å². The first-order valence-electron chi connectivity index (χ1n) is 7.73. The lowest BCUT2D eigenvalue weighted by Gasteiger charge is -2.39. The van der Waals surface area contributed by atoms with E-state index in [1.807, 2.05) is 25.7 Å². The van der Waals surface area contributed by atoms with Gasteiger partial charge in [0.1, 0.15) is 10.5 Å². The van der Waals surface area contributed by atoms with Crippen LogP contribution in [0.3, 0.4) is 0 Å². The van der Waals surface area contributed by atoms with Crippen molar-refractivity contribution in [3.05, 3.63) is 29.3 Å². The number of urea groups is 1. The molecule has 8 heteroatoms. The molecule has 1 aromatic carbocycles. The van der Waals surface area contributed by atoms with Gasteiger partial charge in [0.05, 0.1) is 4.75 Å². The molecule has 0 aromatic heterocycles. The average molecular weight is 388 g/mol. The highest BCUT2D eigenvalue weighted by atomic mass is 35.5. The monoisotopic (exact) mass is 387 g/mol. The van der Waals surface area contributed by atoms with E-state index in [4.69, 9.17) is 23.8 Å². The molecule has 24 heavy (non-hydrogen) atoms. The first-order chi connectivity index (χ1) is 11.2. The fourth-order valence-corrected chi connectivity index (χ4v) is 4.82. The number of hydrogen-bond acceptors (Lipinski definition) is 4. The summed E-state index contributed by atoms with van der Waals surface area (Å²) in [5, 5.41) is 14.6. The second-order valence-corrected chi connectivity index (χ2v) is 9.02. The molecule has 1 fully saturated rings. The van der Waals surface area contributed by atoms with Gasteiger partial charge in [-0.05, 0) is 51.5 Å². The molecule has 2 atom stereocenters. The summed E-state index contributed by atoms with van der Waals surface area (Å²) in [7, 11) is 0. The summed E-state index contributed by atoms with van der Waals surface area (Å²) in [5.74, 6) is 0. The van der Waals surface area contributed by atoms with Gasteiger partial charge >= 0.3 is 6.03 Å². The first kappa shape index (κ1) is 19.3. The van der Waals surface area contributed by atoms with Crippen molar-refractivity contribution in [1.82, 2.24) is 9.96 Å². The molecule has 5 nitrogen and oxygen atoms in total. The predicted molar refractivity (Wildman–Crippen MR) is 104 cm³/mol. The van der Waals surface area contributed by atoms with Crippen LogP contribution in [0.4, 0.5) is 10.5 Å². The van der Waals surface area contributed by atoms with Crippen molar-refractivity contribution in [1.29, 1.82) is 0 Å². The van der Waals surface area contributed by atoms with Crippen molar-refractivity contribution >= 4 is 51.6 Å². The Hall–Kier alpha value is -1.02. The third-order valence-corrected chi connectivity index (χ3v) is 5.88. The second-order valence-electron chi connectivity index (χ2n) is 6.29. The van der Waals surface area contributed by atoms with Gasteiger partial charge in [0.2, 0.25) is 0 Å². The lowest BCUT2D eigenvalue weighted by molar-refractivity contribution is -0.120. The van der Waals surface area contributed by atoms with E-state index in [2.05, 4.69) is 12.2 Å². The highest BCUT2D eigenvalue weighted by Gasteiger charge is 2.50. The zero-order valence-electron chi connectivity index (χ0n) is 14.1. The normalized spacial score (nSPS) is 20.8. The van der Waals surface area contributed by atoms with Gasteiger partial charge in [-0.3, -0.25) is 5.21 Å². The minimum Gasteiger partial charge on any atom is -0.331 e. The number of hydroxylamine groups is 2. The number of hydrogen-bond donors (Lipinski definition) is 2. The van der Waals surface area contributed by atoms with Crippen LogP contribution in [0.15, 0.2) is 24.3 Å². The number of benzene rings is 1. The average Bonchev–Trinajstić information content (AvgIpc) is 2.76.